The minimum absolute atomic E-state index is 0.176. The summed E-state index contributed by atoms with van der Waals surface area (Å²) in [6, 6.07) is 20.8. The molecule has 1 atom stereocenters. The van der Waals surface area contributed by atoms with Crippen molar-refractivity contribution in [2.75, 3.05) is 16.2 Å². The fourth-order valence-corrected chi connectivity index (χ4v) is 4.97. The second-order valence-electron chi connectivity index (χ2n) is 7.14. The van der Waals surface area contributed by atoms with Crippen LogP contribution in [0.2, 0.25) is 0 Å². The van der Waals surface area contributed by atoms with Gasteiger partial charge >= 0.3 is 0 Å². The van der Waals surface area contributed by atoms with Crippen molar-refractivity contribution >= 4 is 33.0 Å². The molecule has 10 heteroatoms. The number of carbonyl (C=O) groups excluding carboxylic acids is 1. The Morgan fingerprint density at radius 1 is 1.06 bits per heavy atom. The van der Waals surface area contributed by atoms with Crippen LogP contribution >= 0.6 is 0 Å². The van der Waals surface area contributed by atoms with Gasteiger partial charge in [-0.1, -0.05) is 48.5 Å². The average molecular weight is 453 g/mol. The summed E-state index contributed by atoms with van der Waals surface area (Å²) < 4.78 is 33.4. The molecule has 0 aromatic heterocycles. The number of sulfonamides is 1. The lowest BCUT2D eigenvalue weighted by molar-refractivity contribution is -0.384. The Kier molecular flexibility index (Phi) is 5.78. The molecule has 164 valence electrons. The molecule has 1 aliphatic heterocycles. The highest BCUT2D eigenvalue weighted by molar-refractivity contribution is 7.92. The lowest BCUT2D eigenvalue weighted by Gasteiger charge is -2.34. The van der Waals surface area contributed by atoms with Crippen LogP contribution in [-0.2, 0) is 20.6 Å². The van der Waals surface area contributed by atoms with Gasteiger partial charge in [0.05, 0.1) is 22.9 Å². The van der Waals surface area contributed by atoms with Gasteiger partial charge in [-0.05, 0) is 23.8 Å². The van der Waals surface area contributed by atoms with E-state index in [4.69, 9.17) is 4.74 Å². The molecule has 0 fully saturated rings. The van der Waals surface area contributed by atoms with Crippen LogP contribution in [0.5, 0.6) is 5.75 Å². The van der Waals surface area contributed by atoms with E-state index in [1.807, 2.05) is 0 Å². The summed E-state index contributed by atoms with van der Waals surface area (Å²) in [4.78, 5) is 23.3. The molecule has 1 amide bonds. The van der Waals surface area contributed by atoms with Gasteiger partial charge < -0.3 is 10.1 Å². The highest BCUT2D eigenvalue weighted by atomic mass is 32.2. The number of amides is 1. The Morgan fingerprint density at radius 2 is 1.78 bits per heavy atom. The molecule has 9 nitrogen and oxygen atoms in total. The Morgan fingerprint density at radius 3 is 2.53 bits per heavy atom. The molecule has 3 aromatic carbocycles. The van der Waals surface area contributed by atoms with E-state index in [0.29, 0.717) is 11.3 Å². The molecule has 1 aliphatic rings. The first-order chi connectivity index (χ1) is 15.3. The number of anilines is 2. The zero-order valence-electron chi connectivity index (χ0n) is 16.7. The number of nitrogens with one attached hydrogen (secondary N) is 1. The van der Waals surface area contributed by atoms with Crippen LogP contribution in [0.25, 0.3) is 0 Å². The van der Waals surface area contributed by atoms with E-state index in [1.165, 1.54) is 28.6 Å². The van der Waals surface area contributed by atoms with Crippen LogP contribution in [0.3, 0.4) is 0 Å². The van der Waals surface area contributed by atoms with Gasteiger partial charge in [-0.25, -0.2) is 8.42 Å². The molecule has 0 aliphatic carbocycles. The summed E-state index contributed by atoms with van der Waals surface area (Å²) in [5.41, 5.74) is 1.01. The first-order valence-corrected chi connectivity index (χ1v) is 11.3. The number of hydrogen-bond donors (Lipinski definition) is 1. The van der Waals surface area contributed by atoms with E-state index in [0.717, 1.165) is 0 Å². The molecular weight excluding hydrogens is 434 g/mol. The predicted molar refractivity (Wildman–Crippen MR) is 119 cm³/mol. The minimum Gasteiger partial charge on any atom is -0.476 e. The van der Waals surface area contributed by atoms with Crippen molar-refractivity contribution in [2.45, 2.75) is 11.9 Å². The number of nitrogens with zero attached hydrogens (tertiary/aromatic N) is 2. The Balaban J connectivity index is 1.60. The van der Waals surface area contributed by atoms with Gasteiger partial charge in [-0.2, -0.15) is 0 Å². The summed E-state index contributed by atoms with van der Waals surface area (Å²) >= 11 is 0. The van der Waals surface area contributed by atoms with Gasteiger partial charge in [0.1, 0.15) is 5.75 Å². The minimum atomic E-state index is -3.82. The molecule has 0 saturated heterocycles. The summed E-state index contributed by atoms with van der Waals surface area (Å²) in [5, 5.41) is 13.5. The van der Waals surface area contributed by atoms with E-state index in [-0.39, 0.29) is 29.4 Å². The predicted octanol–water partition coefficient (Wildman–Crippen LogP) is 3.33. The molecule has 0 bridgehead atoms. The third kappa shape index (κ3) is 4.54. The second kappa shape index (κ2) is 8.67. The molecule has 0 spiro atoms. The summed E-state index contributed by atoms with van der Waals surface area (Å²) in [6.45, 7) is -0.229. The molecular formula is C22H19N3O6S. The van der Waals surface area contributed by atoms with Gasteiger partial charge in [0, 0.05) is 17.8 Å². The van der Waals surface area contributed by atoms with Crippen molar-refractivity contribution in [1.82, 2.24) is 0 Å². The molecule has 0 unspecified atom stereocenters. The van der Waals surface area contributed by atoms with Crippen molar-refractivity contribution in [3.05, 3.63) is 94.5 Å². The van der Waals surface area contributed by atoms with Crippen molar-refractivity contribution in [2.24, 2.45) is 0 Å². The molecule has 4 rings (SSSR count). The number of carbonyl (C=O) groups is 1. The smallest absolute Gasteiger partial charge is 0.271 e. The van der Waals surface area contributed by atoms with E-state index in [9.17, 15) is 23.3 Å². The number of nitro groups is 1. The topological polar surface area (TPSA) is 119 Å². The third-order valence-corrected chi connectivity index (χ3v) is 6.59. The van der Waals surface area contributed by atoms with Crippen molar-refractivity contribution in [3.8, 4) is 5.75 Å². The highest BCUT2D eigenvalue weighted by Crippen LogP contribution is 2.36. The number of fused-ring (bicyclic) bond motifs is 1. The van der Waals surface area contributed by atoms with Gasteiger partial charge in [-0.15, -0.1) is 0 Å². The second-order valence-corrected chi connectivity index (χ2v) is 9.04. The number of ether oxygens (including phenoxy) is 1. The zero-order chi connectivity index (χ0) is 22.7. The number of non-ortho nitro benzene ring substituents is 1. The van der Waals surface area contributed by atoms with Crippen LogP contribution < -0.4 is 14.4 Å². The van der Waals surface area contributed by atoms with Crippen LogP contribution in [0.4, 0.5) is 17.1 Å². The van der Waals surface area contributed by atoms with Crippen LogP contribution in [0, 0.1) is 10.1 Å². The largest absolute Gasteiger partial charge is 0.476 e. The summed E-state index contributed by atoms with van der Waals surface area (Å²) in [5.74, 6) is -0.587. The molecule has 1 heterocycles. The molecule has 0 radical (unpaired) electrons. The molecule has 1 N–H and O–H groups in total. The fourth-order valence-electron chi connectivity index (χ4n) is 3.38. The van der Waals surface area contributed by atoms with Crippen LogP contribution in [0.1, 0.15) is 5.56 Å². The first-order valence-electron chi connectivity index (χ1n) is 9.69. The number of nitro benzene ring substituents is 1. The van der Waals surface area contributed by atoms with Crippen LogP contribution in [-0.4, -0.2) is 31.9 Å². The number of para-hydroxylation sites is 2. The normalized spacial score (nSPS) is 15.4. The lowest BCUT2D eigenvalue weighted by Crippen LogP contribution is -2.49. The maximum Gasteiger partial charge on any atom is 0.271 e. The van der Waals surface area contributed by atoms with E-state index in [1.54, 1.807) is 54.6 Å². The SMILES string of the molecule is O=C(Nc1cccc([N+](=O)[O-])c1)[C@H]1CN(S(=O)(=O)Cc2ccccc2)c2ccccc2O1. The first kappa shape index (κ1) is 21.3. The zero-order valence-corrected chi connectivity index (χ0v) is 17.6. The van der Waals surface area contributed by atoms with Gasteiger partial charge in [0.2, 0.25) is 10.0 Å². The Labute approximate surface area is 184 Å². The van der Waals surface area contributed by atoms with Crippen molar-refractivity contribution in [3.63, 3.8) is 0 Å². The quantitative estimate of drug-likeness (QED) is 0.452. The fraction of sp³-hybridized carbons (Fsp3) is 0.136. The van der Waals surface area contributed by atoms with Crippen molar-refractivity contribution < 1.29 is 22.9 Å². The Bertz CT molecular complexity index is 1260. The molecule has 32 heavy (non-hydrogen) atoms. The average Bonchev–Trinajstić information content (AvgIpc) is 2.78. The number of benzene rings is 3. The monoisotopic (exact) mass is 453 g/mol. The maximum absolute atomic E-state index is 13.2. The van der Waals surface area contributed by atoms with E-state index < -0.39 is 27.0 Å². The standard InChI is InChI=1S/C22H19N3O6S/c26-22(23-17-9-6-10-18(13-17)25(27)28)21-14-24(19-11-4-5-12-20(19)31-21)32(29,30)15-16-7-2-1-3-8-16/h1-13,21H,14-15H2,(H,23,26)/t21-/m1/s1. The molecule has 3 aromatic rings. The third-order valence-electron chi connectivity index (χ3n) is 4.88. The lowest BCUT2D eigenvalue weighted by atomic mass is 10.2. The Hall–Kier alpha value is -3.92. The highest BCUT2D eigenvalue weighted by Gasteiger charge is 2.36. The van der Waals surface area contributed by atoms with Gasteiger partial charge in [0.25, 0.3) is 11.6 Å². The van der Waals surface area contributed by atoms with E-state index >= 15 is 0 Å². The summed E-state index contributed by atoms with van der Waals surface area (Å²) in [6.07, 6.45) is -1.14. The van der Waals surface area contributed by atoms with Gasteiger partial charge in [-0.3, -0.25) is 19.2 Å². The van der Waals surface area contributed by atoms with E-state index in [2.05, 4.69) is 5.32 Å². The van der Waals surface area contributed by atoms with Gasteiger partial charge in [0.15, 0.2) is 6.10 Å². The van der Waals surface area contributed by atoms with Crippen molar-refractivity contribution in [1.29, 1.82) is 0 Å². The summed E-state index contributed by atoms with van der Waals surface area (Å²) in [7, 11) is -3.82. The van der Waals surface area contributed by atoms with Crippen LogP contribution in [0.15, 0.2) is 78.9 Å². The number of rotatable bonds is 6. The maximum atomic E-state index is 13.2. The molecule has 0 saturated carbocycles. The number of hydrogen-bond acceptors (Lipinski definition) is 6.